The average molecular weight is 388 g/mol. The number of Topliss-reactive ketones (excluding diaryl/α,β-unsaturated/α-hetero) is 1. The number of halogens is 1. The summed E-state index contributed by atoms with van der Waals surface area (Å²) in [6.45, 7) is 2.98. The van der Waals surface area contributed by atoms with Gasteiger partial charge < -0.3 is 4.74 Å². The molecule has 0 bridgehead atoms. The van der Waals surface area contributed by atoms with Crippen molar-refractivity contribution in [2.45, 2.75) is 19.3 Å². The molecule has 2 unspecified atom stereocenters. The van der Waals surface area contributed by atoms with Crippen LogP contribution in [0.15, 0.2) is 18.3 Å². The topological polar surface area (TPSA) is 44.1 Å². The van der Waals surface area contributed by atoms with Gasteiger partial charge in [0.25, 0.3) is 0 Å². The number of carbonyl (C=O) groups is 1. The zero-order valence-corrected chi connectivity index (χ0v) is 13.7. The largest absolute Gasteiger partial charge is 0.374 e. The van der Waals surface area contributed by atoms with Crippen molar-refractivity contribution in [3.8, 4) is 0 Å². The first-order valence-corrected chi connectivity index (χ1v) is 10.2. The Labute approximate surface area is 126 Å². The van der Waals surface area contributed by atoms with E-state index in [1.165, 1.54) is 5.56 Å². The molecular weight excluding hydrogens is 374 g/mol. The van der Waals surface area contributed by atoms with Gasteiger partial charge in [-0.05, 0) is 58.6 Å². The first-order chi connectivity index (χ1) is 9.20. The van der Waals surface area contributed by atoms with Crippen LogP contribution in [0.25, 0.3) is 10.9 Å². The summed E-state index contributed by atoms with van der Waals surface area (Å²) in [5.74, 6) is 0.177. The maximum Gasteiger partial charge on any atom is 0.165 e. The van der Waals surface area contributed by atoms with Gasteiger partial charge in [-0.25, -0.2) is 4.45 Å². The van der Waals surface area contributed by atoms with Gasteiger partial charge in [0.05, 0.1) is 18.1 Å². The molecule has 1 fully saturated rings. The monoisotopic (exact) mass is 388 g/mol. The van der Waals surface area contributed by atoms with E-state index in [0.29, 0.717) is 13.0 Å². The lowest BCUT2D eigenvalue weighted by atomic mass is 9.87. The van der Waals surface area contributed by atoms with Crippen LogP contribution in [0.3, 0.4) is 0 Å². The molecule has 3 rings (SSSR count). The second-order valence-electron chi connectivity index (χ2n) is 4.77. The van der Waals surface area contributed by atoms with Crippen LogP contribution in [0.2, 0.25) is 0 Å². The maximum atomic E-state index is 12.0. The quantitative estimate of drug-likeness (QED) is 0.587. The van der Waals surface area contributed by atoms with Crippen molar-refractivity contribution in [1.29, 1.82) is 0 Å². The van der Waals surface area contributed by atoms with Gasteiger partial charge in [0.15, 0.2) is 5.78 Å². The molecule has 0 N–H and O–H groups in total. The summed E-state index contributed by atoms with van der Waals surface area (Å²) < 4.78 is 7.21. The lowest BCUT2D eigenvalue weighted by Crippen LogP contribution is -2.26. The smallest absolute Gasteiger partial charge is 0.165 e. The van der Waals surface area contributed by atoms with Crippen LogP contribution in [-0.4, -0.2) is 28.5 Å². The molecule has 2 aromatic rings. The van der Waals surface area contributed by atoms with Gasteiger partial charge in [0, 0.05) is 17.9 Å². The third-order valence-corrected chi connectivity index (χ3v) is 5.48. The Morgan fingerprint density at radius 1 is 1.53 bits per heavy atom. The van der Waals surface area contributed by atoms with Crippen molar-refractivity contribution in [3.05, 3.63) is 29.5 Å². The number of aromatic nitrogens is 2. The lowest BCUT2D eigenvalue weighted by molar-refractivity contribution is -0.129. The zero-order valence-electron chi connectivity index (χ0n) is 10.5. The molecule has 1 saturated heterocycles. The number of aryl methyl sites for hydroxylation is 1. The fourth-order valence-electron chi connectivity index (χ4n) is 2.61. The van der Waals surface area contributed by atoms with E-state index in [1.54, 1.807) is 0 Å². The number of carbonyl (C=O) groups excluding carboxylic acids is 1. The molecule has 0 spiro atoms. The zero-order chi connectivity index (χ0) is 13.4. The van der Waals surface area contributed by atoms with Crippen molar-refractivity contribution < 1.29 is 9.53 Å². The van der Waals surface area contributed by atoms with Crippen molar-refractivity contribution in [1.82, 2.24) is 9.55 Å². The Kier molecular flexibility index (Phi) is 3.87. The molecule has 2 atom stereocenters. The van der Waals surface area contributed by atoms with E-state index in [1.807, 2.05) is 10.6 Å². The van der Waals surface area contributed by atoms with Gasteiger partial charge in [0.1, 0.15) is 6.61 Å². The van der Waals surface area contributed by atoms with Crippen LogP contribution >= 0.6 is 28.4 Å². The molecule has 6 heteroatoms. The van der Waals surface area contributed by atoms with Gasteiger partial charge in [-0.15, -0.1) is 0 Å². The lowest BCUT2D eigenvalue weighted by Gasteiger charge is -2.23. The third-order valence-electron chi connectivity index (χ3n) is 3.60. The molecule has 19 heavy (non-hydrogen) atoms. The summed E-state index contributed by atoms with van der Waals surface area (Å²) >= 11 is 2.32. The molecule has 0 radical (unpaired) electrons. The Bertz CT molecular complexity index is 641. The van der Waals surface area contributed by atoms with Gasteiger partial charge in [0.2, 0.25) is 0 Å². The fraction of sp³-hybridized carbons (Fsp3) is 0.385. The van der Waals surface area contributed by atoms with E-state index < -0.39 is 0 Å². The predicted molar refractivity (Wildman–Crippen MR) is 85.4 cm³/mol. The van der Waals surface area contributed by atoms with Crippen molar-refractivity contribution in [2.75, 3.05) is 13.2 Å². The van der Waals surface area contributed by atoms with E-state index in [0.717, 1.165) is 22.9 Å². The van der Waals surface area contributed by atoms with E-state index in [4.69, 9.17) is 4.74 Å². The molecule has 1 aliphatic heterocycles. The number of ketones is 1. The van der Waals surface area contributed by atoms with E-state index >= 15 is 0 Å². The maximum absolute atomic E-state index is 12.0. The molecule has 1 aromatic carbocycles. The van der Waals surface area contributed by atoms with Gasteiger partial charge in [-0.1, -0.05) is 0 Å². The van der Waals surface area contributed by atoms with E-state index in [9.17, 15) is 4.79 Å². The third kappa shape index (κ3) is 2.43. The number of rotatable bonds is 2. The second kappa shape index (κ2) is 5.46. The standard InChI is InChI=1S/C13H14IN2O2P/c1-8-4-9-6-15-16(19-14)12(9)5-11(8)10-2-3-18-7-13(10)17/h4-6,10,19H,2-3,7H2,1H3. The van der Waals surface area contributed by atoms with Gasteiger partial charge >= 0.3 is 0 Å². The highest BCUT2D eigenvalue weighted by Crippen LogP contribution is 2.33. The Morgan fingerprint density at radius 3 is 3.11 bits per heavy atom. The second-order valence-corrected chi connectivity index (χ2v) is 6.81. The summed E-state index contributed by atoms with van der Waals surface area (Å²) in [6.07, 6.45) is 3.25. The highest BCUT2D eigenvalue weighted by molar-refractivity contribution is 14.2. The Balaban J connectivity index is 2.11. The Hall–Kier alpha value is -0.520. The predicted octanol–water partition coefficient (Wildman–Crippen LogP) is 3.21. The average Bonchev–Trinajstić information content (AvgIpc) is 2.80. The van der Waals surface area contributed by atoms with Crippen LogP contribution in [0.1, 0.15) is 23.5 Å². The number of hydrogen-bond acceptors (Lipinski definition) is 3. The minimum atomic E-state index is -0.0148. The summed E-state index contributed by atoms with van der Waals surface area (Å²) in [6, 6.07) is 4.27. The molecule has 0 saturated carbocycles. The highest BCUT2D eigenvalue weighted by atomic mass is 127. The first kappa shape index (κ1) is 13.5. The molecule has 100 valence electrons. The fourth-order valence-corrected chi connectivity index (χ4v) is 4.15. The van der Waals surface area contributed by atoms with Crippen LogP contribution in [0.4, 0.5) is 0 Å². The minimum absolute atomic E-state index is 0.0148. The van der Waals surface area contributed by atoms with Crippen molar-refractivity contribution in [3.63, 3.8) is 0 Å². The van der Waals surface area contributed by atoms with Gasteiger partial charge in [-0.3, -0.25) is 4.79 Å². The highest BCUT2D eigenvalue weighted by Gasteiger charge is 2.26. The van der Waals surface area contributed by atoms with Crippen LogP contribution in [-0.2, 0) is 9.53 Å². The molecule has 4 nitrogen and oxygen atoms in total. The SMILES string of the molecule is Cc1cc2cnn(PI)c2cc1C1CCOCC1=O. The summed E-state index contributed by atoms with van der Waals surface area (Å²) in [5.41, 5.74) is 3.42. The molecule has 2 heterocycles. The molecule has 0 amide bonds. The number of fused-ring (bicyclic) bond motifs is 1. The molecule has 1 aliphatic rings. The number of benzene rings is 1. The summed E-state index contributed by atoms with van der Waals surface area (Å²) in [7, 11) is 0. The first-order valence-electron chi connectivity index (χ1n) is 6.16. The number of ether oxygens (including phenoxy) is 1. The number of hydrogen-bond donors (Lipinski definition) is 0. The molecular formula is C13H14IN2O2P. The van der Waals surface area contributed by atoms with E-state index in [-0.39, 0.29) is 18.3 Å². The normalized spacial score (nSPS) is 20.7. The van der Waals surface area contributed by atoms with Crippen LogP contribution in [0.5, 0.6) is 0 Å². The van der Waals surface area contributed by atoms with Crippen molar-refractivity contribution in [2.24, 2.45) is 0 Å². The summed E-state index contributed by atoms with van der Waals surface area (Å²) in [4.78, 5) is 12.0. The van der Waals surface area contributed by atoms with Gasteiger partial charge in [-0.2, -0.15) is 5.10 Å². The van der Waals surface area contributed by atoms with E-state index in [2.05, 4.69) is 46.2 Å². The Morgan fingerprint density at radius 2 is 2.37 bits per heavy atom. The minimum Gasteiger partial charge on any atom is -0.374 e. The number of nitrogens with zero attached hydrogens (tertiary/aromatic N) is 2. The van der Waals surface area contributed by atoms with Crippen LogP contribution < -0.4 is 0 Å². The van der Waals surface area contributed by atoms with Crippen LogP contribution in [0, 0.1) is 6.92 Å². The molecule has 0 aliphatic carbocycles. The molecule has 1 aromatic heterocycles. The summed E-state index contributed by atoms with van der Waals surface area (Å²) in [5, 5.41) is 5.52. The van der Waals surface area contributed by atoms with Crippen molar-refractivity contribution >= 4 is 45.1 Å².